The van der Waals surface area contributed by atoms with Crippen LogP contribution in [0.3, 0.4) is 0 Å². The maximum atomic E-state index is 12.3. The number of hydrogen-bond acceptors (Lipinski definition) is 7. The summed E-state index contributed by atoms with van der Waals surface area (Å²) in [4.78, 5) is 18.9. The maximum Gasteiger partial charge on any atom is 0.261 e. The standard InChI is InChI=1S/C19H23N5O5S/c1-13(15-7-5-6-8-18(15)28-4)20-19(25)12-29-24-17-11-14(30(26,27)23(2)3)9-10-16(17)21-22-24/h5-11,13H,12H2,1-4H3,(H,20,25). The predicted octanol–water partition coefficient (Wildman–Crippen LogP) is 0.996. The van der Waals surface area contributed by atoms with Crippen LogP contribution < -0.4 is 14.9 Å². The Bertz CT molecular complexity index is 1160. The highest BCUT2D eigenvalue weighted by Crippen LogP contribution is 2.24. The Morgan fingerprint density at radius 1 is 1.23 bits per heavy atom. The highest BCUT2D eigenvalue weighted by atomic mass is 32.2. The molecule has 1 aromatic heterocycles. The number of nitrogens with zero attached hydrogens (tertiary/aromatic N) is 4. The molecule has 3 aromatic rings. The number of sulfonamides is 1. The number of hydrogen-bond donors (Lipinski definition) is 1. The van der Waals surface area contributed by atoms with Gasteiger partial charge in [0.25, 0.3) is 5.91 Å². The molecule has 2 aromatic carbocycles. The third-order valence-electron chi connectivity index (χ3n) is 4.47. The van der Waals surface area contributed by atoms with Gasteiger partial charge in [0.15, 0.2) is 6.61 Å². The third kappa shape index (κ3) is 4.36. The second-order valence-electron chi connectivity index (χ2n) is 6.70. The fourth-order valence-corrected chi connectivity index (χ4v) is 3.77. The molecule has 0 fully saturated rings. The van der Waals surface area contributed by atoms with E-state index in [-0.39, 0.29) is 23.5 Å². The molecule has 0 aliphatic carbocycles. The van der Waals surface area contributed by atoms with Crippen molar-refractivity contribution in [3.63, 3.8) is 0 Å². The summed E-state index contributed by atoms with van der Waals surface area (Å²) in [6, 6.07) is 11.5. The average Bonchev–Trinajstić information content (AvgIpc) is 3.14. The lowest BCUT2D eigenvalue weighted by molar-refractivity contribution is -0.127. The zero-order chi connectivity index (χ0) is 21.9. The van der Waals surface area contributed by atoms with Crippen molar-refractivity contribution in [1.82, 2.24) is 24.8 Å². The Balaban J connectivity index is 1.72. The van der Waals surface area contributed by atoms with E-state index in [1.165, 1.54) is 32.3 Å². The lowest BCUT2D eigenvalue weighted by Gasteiger charge is -2.17. The van der Waals surface area contributed by atoms with Gasteiger partial charge in [-0.25, -0.2) is 12.7 Å². The number of para-hydroxylation sites is 1. The number of fused-ring (bicyclic) bond motifs is 1. The van der Waals surface area contributed by atoms with Crippen LogP contribution >= 0.6 is 0 Å². The molecule has 0 radical (unpaired) electrons. The van der Waals surface area contributed by atoms with Gasteiger partial charge in [0.1, 0.15) is 16.8 Å². The van der Waals surface area contributed by atoms with E-state index in [0.29, 0.717) is 16.8 Å². The number of amides is 1. The molecule has 0 saturated carbocycles. The van der Waals surface area contributed by atoms with E-state index in [9.17, 15) is 13.2 Å². The normalized spacial score (nSPS) is 12.7. The zero-order valence-corrected chi connectivity index (χ0v) is 17.9. The average molecular weight is 433 g/mol. The molecule has 0 bridgehead atoms. The molecule has 10 nitrogen and oxygen atoms in total. The summed E-state index contributed by atoms with van der Waals surface area (Å²) in [6.45, 7) is 1.50. The van der Waals surface area contributed by atoms with Gasteiger partial charge < -0.3 is 14.9 Å². The van der Waals surface area contributed by atoms with Crippen molar-refractivity contribution in [2.24, 2.45) is 0 Å². The smallest absolute Gasteiger partial charge is 0.261 e. The molecule has 0 aliphatic rings. The van der Waals surface area contributed by atoms with Gasteiger partial charge in [0, 0.05) is 19.7 Å². The first-order chi connectivity index (χ1) is 14.2. The topological polar surface area (TPSA) is 116 Å². The van der Waals surface area contributed by atoms with E-state index in [2.05, 4.69) is 15.6 Å². The molecule has 30 heavy (non-hydrogen) atoms. The van der Waals surface area contributed by atoms with Gasteiger partial charge in [-0.15, -0.1) is 5.10 Å². The van der Waals surface area contributed by atoms with Gasteiger partial charge in [0.05, 0.1) is 18.0 Å². The number of rotatable bonds is 8. The quantitative estimate of drug-likeness (QED) is 0.563. The van der Waals surface area contributed by atoms with Crippen LogP contribution in [-0.2, 0) is 14.8 Å². The van der Waals surface area contributed by atoms with Crippen molar-refractivity contribution in [2.75, 3.05) is 27.8 Å². The molecule has 1 atom stereocenters. The number of carbonyl (C=O) groups excluding carboxylic acids is 1. The highest BCUT2D eigenvalue weighted by molar-refractivity contribution is 7.89. The molecule has 1 unspecified atom stereocenters. The van der Waals surface area contributed by atoms with E-state index in [1.54, 1.807) is 7.11 Å². The fraction of sp³-hybridized carbons (Fsp3) is 0.316. The minimum atomic E-state index is -3.63. The number of methoxy groups -OCH3 is 1. The van der Waals surface area contributed by atoms with Crippen LogP contribution in [0.25, 0.3) is 11.0 Å². The van der Waals surface area contributed by atoms with Crippen LogP contribution in [0.15, 0.2) is 47.4 Å². The summed E-state index contributed by atoms with van der Waals surface area (Å²) >= 11 is 0. The van der Waals surface area contributed by atoms with Crippen LogP contribution in [0.4, 0.5) is 0 Å². The number of aromatic nitrogens is 3. The second kappa shape index (κ2) is 8.67. The summed E-state index contributed by atoms with van der Waals surface area (Å²) in [5, 5.41) is 10.6. The largest absolute Gasteiger partial charge is 0.496 e. The zero-order valence-electron chi connectivity index (χ0n) is 17.1. The first-order valence-corrected chi connectivity index (χ1v) is 10.5. The SMILES string of the molecule is COc1ccccc1C(C)NC(=O)COn1nnc2ccc(S(=O)(=O)N(C)C)cc21. The summed E-state index contributed by atoms with van der Waals surface area (Å²) in [7, 11) is 0.823. The van der Waals surface area contributed by atoms with Crippen molar-refractivity contribution in [3.05, 3.63) is 48.0 Å². The van der Waals surface area contributed by atoms with Gasteiger partial charge >= 0.3 is 0 Å². The van der Waals surface area contributed by atoms with Gasteiger partial charge in [-0.3, -0.25) is 4.79 Å². The summed E-state index contributed by atoms with van der Waals surface area (Å²) in [5.74, 6) is 0.289. The van der Waals surface area contributed by atoms with E-state index < -0.39 is 10.0 Å². The van der Waals surface area contributed by atoms with Crippen LogP contribution in [-0.4, -0.2) is 61.6 Å². The van der Waals surface area contributed by atoms with Crippen LogP contribution in [0.5, 0.6) is 5.75 Å². The van der Waals surface area contributed by atoms with Crippen molar-refractivity contribution in [2.45, 2.75) is 17.9 Å². The second-order valence-corrected chi connectivity index (χ2v) is 8.86. The number of benzene rings is 2. The molecule has 11 heteroatoms. The molecule has 1 N–H and O–H groups in total. The Hall–Kier alpha value is -3.18. The molecule has 0 saturated heterocycles. The van der Waals surface area contributed by atoms with Crippen LogP contribution in [0.2, 0.25) is 0 Å². The van der Waals surface area contributed by atoms with E-state index in [4.69, 9.17) is 9.57 Å². The number of ether oxygens (including phenoxy) is 1. The van der Waals surface area contributed by atoms with Crippen molar-refractivity contribution < 1.29 is 22.8 Å². The van der Waals surface area contributed by atoms with Gasteiger partial charge in [-0.1, -0.05) is 23.0 Å². The Morgan fingerprint density at radius 2 is 1.97 bits per heavy atom. The predicted molar refractivity (Wildman–Crippen MR) is 109 cm³/mol. The van der Waals surface area contributed by atoms with Gasteiger partial charge in [-0.05, 0) is 36.4 Å². The molecular weight excluding hydrogens is 410 g/mol. The summed E-state index contributed by atoms with van der Waals surface area (Å²) in [6.07, 6.45) is 0. The molecule has 0 aliphatic heterocycles. The van der Waals surface area contributed by atoms with E-state index in [1.807, 2.05) is 31.2 Å². The van der Waals surface area contributed by atoms with Crippen LogP contribution in [0, 0.1) is 0 Å². The molecule has 0 spiro atoms. The molecule has 160 valence electrons. The van der Waals surface area contributed by atoms with Crippen molar-refractivity contribution >= 4 is 27.0 Å². The van der Waals surface area contributed by atoms with Crippen molar-refractivity contribution in [3.8, 4) is 5.75 Å². The molecular formula is C19H23N5O5S. The molecule has 3 rings (SSSR count). The van der Waals surface area contributed by atoms with Gasteiger partial charge in [0.2, 0.25) is 10.0 Å². The molecule has 1 amide bonds. The first-order valence-electron chi connectivity index (χ1n) is 9.07. The Morgan fingerprint density at radius 3 is 2.67 bits per heavy atom. The monoisotopic (exact) mass is 433 g/mol. The van der Waals surface area contributed by atoms with Crippen LogP contribution in [0.1, 0.15) is 18.5 Å². The van der Waals surface area contributed by atoms with Crippen molar-refractivity contribution in [1.29, 1.82) is 0 Å². The first kappa shape index (κ1) is 21.5. The lowest BCUT2D eigenvalue weighted by atomic mass is 10.1. The maximum absolute atomic E-state index is 12.3. The lowest BCUT2D eigenvalue weighted by Crippen LogP contribution is -2.34. The number of nitrogens with one attached hydrogen (secondary N) is 1. The van der Waals surface area contributed by atoms with Gasteiger partial charge in [-0.2, -0.15) is 0 Å². The number of carbonyl (C=O) groups is 1. The minimum absolute atomic E-state index is 0.0707. The summed E-state index contributed by atoms with van der Waals surface area (Å²) in [5.41, 5.74) is 1.61. The minimum Gasteiger partial charge on any atom is -0.496 e. The third-order valence-corrected chi connectivity index (χ3v) is 6.28. The van der Waals surface area contributed by atoms with E-state index >= 15 is 0 Å². The fourth-order valence-electron chi connectivity index (χ4n) is 2.85. The summed E-state index contributed by atoms with van der Waals surface area (Å²) < 4.78 is 31.1. The Labute approximate surface area is 174 Å². The molecule has 1 heterocycles. The Kier molecular flexibility index (Phi) is 6.22. The van der Waals surface area contributed by atoms with E-state index in [0.717, 1.165) is 14.7 Å². The highest BCUT2D eigenvalue weighted by Gasteiger charge is 2.20.